The first-order valence-electron chi connectivity index (χ1n) is 15.8. The highest BCUT2D eigenvalue weighted by molar-refractivity contribution is 6.84. The number of nitrogens with zero attached hydrogens (tertiary/aromatic N) is 2. The molecule has 46 heavy (non-hydrogen) atoms. The minimum atomic E-state index is 0.0738. The predicted molar refractivity (Wildman–Crippen MR) is 195 cm³/mol. The summed E-state index contributed by atoms with van der Waals surface area (Å²) in [5.41, 5.74) is 14.1. The molecule has 1 aromatic heterocycles. The Balaban J connectivity index is 1.26. The zero-order valence-electron chi connectivity index (χ0n) is 25.2. The molecule has 6 aromatic carbocycles. The van der Waals surface area contributed by atoms with E-state index in [4.69, 9.17) is 4.98 Å². The van der Waals surface area contributed by atoms with Crippen LogP contribution in [0.2, 0.25) is 0 Å². The molecule has 2 nitrogen and oxygen atoms in total. The highest BCUT2D eigenvalue weighted by Gasteiger charge is 2.36. The van der Waals surface area contributed by atoms with Gasteiger partial charge in [0, 0.05) is 27.8 Å². The highest BCUT2D eigenvalue weighted by atomic mass is 15.1. The van der Waals surface area contributed by atoms with Gasteiger partial charge in [-0.25, -0.2) is 4.98 Å². The van der Waals surface area contributed by atoms with E-state index in [2.05, 4.69) is 181 Å². The van der Waals surface area contributed by atoms with Crippen LogP contribution >= 0.6 is 0 Å². The van der Waals surface area contributed by atoms with E-state index < -0.39 is 0 Å². The smallest absolute Gasteiger partial charge is 0.320 e. The molecule has 0 aliphatic carbocycles. The molecule has 2 aliphatic rings. The van der Waals surface area contributed by atoms with E-state index >= 15 is 0 Å². The number of hydrogen-bond donors (Lipinski definition) is 0. The quantitative estimate of drug-likeness (QED) is 0.192. The number of rotatable bonds is 4. The van der Waals surface area contributed by atoms with E-state index in [9.17, 15) is 0 Å². The molecule has 0 spiro atoms. The molecule has 0 radical (unpaired) electrons. The molecule has 0 fully saturated rings. The fourth-order valence-corrected chi connectivity index (χ4v) is 7.11. The molecule has 2 aliphatic heterocycles. The van der Waals surface area contributed by atoms with Gasteiger partial charge in [-0.05, 0) is 57.0 Å². The molecule has 0 bridgehead atoms. The van der Waals surface area contributed by atoms with Gasteiger partial charge >= 0.3 is 6.85 Å². The number of anilines is 1. The van der Waals surface area contributed by atoms with Crippen molar-refractivity contribution >= 4 is 34.3 Å². The Hall–Kier alpha value is -5.93. The molecule has 0 atom stereocenters. The Morgan fingerprint density at radius 1 is 0.500 bits per heavy atom. The molecule has 0 saturated carbocycles. The fraction of sp³-hybridized carbons (Fsp3) is 0. The summed E-state index contributed by atoms with van der Waals surface area (Å²) in [7, 11) is 0. The lowest BCUT2D eigenvalue weighted by molar-refractivity contribution is 1.31. The molecule has 0 unspecified atom stereocenters. The Kier molecular flexibility index (Phi) is 6.28. The van der Waals surface area contributed by atoms with Crippen LogP contribution in [0.1, 0.15) is 5.56 Å². The maximum atomic E-state index is 5.13. The van der Waals surface area contributed by atoms with Gasteiger partial charge in [-0.3, -0.25) is 0 Å². The average molecular weight is 585 g/mol. The topological polar surface area (TPSA) is 16.1 Å². The third-order valence-electron chi connectivity index (χ3n) is 9.26. The molecule has 0 amide bonds. The summed E-state index contributed by atoms with van der Waals surface area (Å²) in [4.78, 5) is 7.63. The largest absolute Gasteiger partial charge is 0.382 e. The summed E-state index contributed by atoms with van der Waals surface area (Å²) < 4.78 is 0. The number of pyridine rings is 1. The Labute approximate surface area is 269 Å². The fourth-order valence-electron chi connectivity index (χ4n) is 7.11. The summed E-state index contributed by atoms with van der Waals surface area (Å²) in [6.07, 6.45) is 4.65. The summed E-state index contributed by atoms with van der Waals surface area (Å²) >= 11 is 0. The van der Waals surface area contributed by atoms with Gasteiger partial charge in [0.05, 0.1) is 11.4 Å². The van der Waals surface area contributed by atoms with Crippen molar-refractivity contribution < 1.29 is 0 Å². The number of allylic oxidation sites excluding steroid dienone is 2. The molecule has 0 N–H and O–H groups in total. The summed E-state index contributed by atoms with van der Waals surface area (Å²) in [5, 5.41) is 2.50. The second-order valence-corrected chi connectivity index (χ2v) is 12.0. The SMILES string of the molecule is C1=CC(c2cc(-c3ccccc3)nc(-c3ccccc3)c2)=CN2B1c1cccc(-c3ccccc3)c1-c1ccc3ccccc3c12. The van der Waals surface area contributed by atoms with Crippen molar-refractivity contribution in [2.24, 2.45) is 0 Å². The van der Waals surface area contributed by atoms with Crippen LogP contribution < -0.4 is 10.3 Å². The van der Waals surface area contributed by atoms with Gasteiger partial charge in [0.25, 0.3) is 0 Å². The highest BCUT2D eigenvalue weighted by Crippen LogP contribution is 2.46. The molecule has 3 heterocycles. The van der Waals surface area contributed by atoms with Crippen LogP contribution in [0, 0.1) is 0 Å². The van der Waals surface area contributed by atoms with Gasteiger partial charge < -0.3 is 4.81 Å². The van der Waals surface area contributed by atoms with Crippen molar-refractivity contribution in [1.29, 1.82) is 0 Å². The Morgan fingerprint density at radius 2 is 1.13 bits per heavy atom. The lowest BCUT2D eigenvalue weighted by Crippen LogP contribution is -2.49. The van der Waals surface area contributed by atoms with Crippen molar-refractivity contribution in [3.8, 4) is 44.8 Å². The van der Waals surface area contributed by atoms with E-state index in [1.54, 1.807) is 0 Å². The molecule has 9 rings (SSSR count). The number of fused-ring (bicyclic) bond motifs is 8. The minimum absolute atomic E-state index is 0.0738. The Bertz CT molecular complexity index is 2250. The van der Waals surface area contributed by atoms with Crippen molar-refractivity contribution in [2.45, 2.75) is 0 Å². The van der Waals surface area contributed by atoms with Crippen LogP contribution in [0.3, 0.4) is 0 Å². The minimum Gasteiger partial charge on any atom is -0.382 e. The molecule has 7 aromatic rings. The van der Waals surface area contributed by atoms with Gasteiger partial charge in [0.2, 0.25) is 0 Å². The molecule has 3 heteroatoms. The maximum Gasteiger partial charge on any atom is 0.320 e. The summed E-state index contributed by atoms with van der Waals surface area (Å²) in [6, 6.07) is 56.3. The zero-order valence-corrected chi connectivity index (χ0v) is 25.2. The first-order valence-corrected chi connectivity index (χ1v) is 15.8. The first-order chi connectivity index (χ1) is 22.8. The summed E-state index contributed by atoms with van der Waals surface area (Å²) in [5.74, 6) is 2.37. The van der Waals surface area contributed by atoms with E-state index in [1.807, 2.05) is 0 Å². The van der Waals surface area contributed by atoms with Gasteiger partial charge in [-0.1, -0.05) is 158 Å². The molecule has 0 saturated heterocycles. The van der Waals surface area contributed by atoms with E-state index in [-0.39, 0.29) is 6.85 Å². The molecular weight excluding hydrogens is 555 g/mol. The third kappa shape index (κ3) is 4.40. The van der Waals surface area contributed by atoms with Gasteiger partial charge in [0.15, 0.2) is 0 Å². The first kappa shape index (κ1) is 26.5. The number of hydrogen-bond acceptors (Lipinski definition) is 2. The van der Waals surface area contributed by atoms with E-state index in [0.717, 1.165) is 33.7 Å². The second-order valence-electron chi connectivity index (χ2n) is 12.0. The van der Waals surface area contributed by atoms with Gasteiger partial charge in [0.1, 0.15) is 0 Å². The standard InChI is InChI=1S/C43H29BN2/c1-4-13-30(14-5-1)36-21-12-22-39-42(36)38-24-23-31-15-10-11-20-37(31)43(38)46-29-34(25-26-44(39)46)35-27-40(32-16-6-2-7-17-32)45-41(28-35)33-18-8-3-9-19-33/h1-29H. The predicted octanol–water partition coefficient (Wildman–Crippen LogP) is 10.1. The normalized spacial score (nSPS) is 13.2. The van der Waals surface area contributed by atoms with Crippen molar-refractivity contribution in [1.82, 2.24) is 4.98 Å². The summed E-state index contributed by atoms with van der Waals surface area (Å²) in [6.45, 7) is 0.0738. The van der Waals surface area contributed by atoms with E-state index in [0.29, 0.717) is 0 Å². The van der Waals surface area contributed by atoms with Crippen LogP contribution in [-0.4, -0.2) is 11.8 Å². The maximum absolute atomic E-state index is 5.13. The average Bonchev–Trinajstić information content (AvgIpc) is 3.15. The zero-order chi connectivity index (χ0) is 30.5. The molecule has 214 valence electrons. The van der Waals surface area contributed by atoms with Crippen LogP contribution in [0.5, 0.6) is 0 Å². The monoisotopic (exact) mass is 584 g/mol. The van der Waals surface area contributed by atoms with Crippen molar-refractivity contribution in [3.63, 3.8) is 0 Å². The number of benzene rings is 6. The molecular formula is C43H29BN2. The van der Waals surface area contributed by atoms with Crippen LogP contribution in [0.4, 0.5) is 5.69 Å². The lowest BCUT2D eigenvalue weighted by atomic mass is 9.48. The van der Waals surface area contributed by atoms with Crippen LogP contribution in [0.25, 0.3) is 61.1 Å². The lowest BCUT2D eigenvalue weighted by Gasteiger charge is -2.39. The van der Waals surface area contributed by atoms with Crippen LogP contribution in [0.15, 0.2) is 176 Å². The van der Waals surface area contributed by atoms with Crippen LogP contribution in [-0.2, 0) is 0 Å². The van der Waals surface area contributed by atoms with Gasteiger partial charge in [-0.2, -0.15) is 0 Å². The van der Waals surface area contributed by atoms with Crippen molar-refractivity contribution in [2.75, 3.05) is 4.81 Å². The van der Waals surface area contributed by atoms with E-state index in [1.165, 1.54) is 44.2 Å². The number of aromatic nitrogens is 1. The van der Waals surface area contributed by atoms with Crippen molar-refractivity contribution in [3.05, 3.63) is 182 Å². The third-order valence-corrected chi connectivity index (χ3v) is 9.26. The van der Waals surface area contributed by atoms with Gasteiger partial charge in [-0.15, -0.1) is 0 Å². The Morgan fingerprint density at radius 3 is 1.83 bits per heavy atom. The second kappa shape index (κ2) is 10.9.